The van der Waals surface area contributed by atoms with Gasteiger partial charge in [-0.05, 0) is 36.8 Å². The number of benzene rings is 1. The van der Waals surface area contributed by atoms with Crippen molar-refractivity contribution >= 4 is 22.7 Å². The fraction of sp³-hybridized carbons (Fsp3) is 0.214. The van der Waals surface area contributed by atoms with Gasteiger partial charge in [0.05, 0.1) is 11.8 Å². The van der Waals surface area contributed by atoms with Crippen molar-refractivity contribution in [2.45, 2.75) is 18.8 Å². The van der Waals surface area contributed by atoms with Gasteiger partial charge in [0.1, 0.15) is 11.1 Å². The molecule has 3 aromatic rings. The predicted octanol–water partition coefficient (Wildman–Crippen LogP) is 3.54. The molecule has 0 aliphatic heterocycles. The molecular formula is C14H12ClNO3. The zero-order valence-corrected chi connectivity index (χ0v) is 11.1. The molecule has 1 unspecified atom stereocenters. The van der Waals surface area contributed by atoms with E-state index in [1.54, 1.807) is 23.0 Å². The molecule has 5 heteroatoms. The highest BCUT2D eigenvalue weighted by atomic mass is 35.5. The maximum Gasteiger partial charge on any atom is 0.419 e. The van der Waals surface area contributed by atoms with Crippen molar-refractivity contribution < 1.29 is 8.83 Å². The van der Waals surface area contributed by atoms with E-state index in [1.165, 1.54) is 0 Å². The first-order valence-corrected chi connectivity index (χ1v) is 6.45. The minimum Gasteiger partial charge on any atom is -0.467 e. The molecule has 2 heterocycles. The maximum atomic E-state index is 11.6. The number of hydrogen-bond acceptors (Lipinski definition) is 3. The van der Waals surface area contributed by atoms with Crippen LogP contribution in [-0.4, -0.2) is 4.57 Å². The highest BCUT2D eigenvalue weighted by Gasteiger charge is 2.16. The van der Waals surface area contributed by atoms with Gasteiger partial charge in [0.2, 0.25) is 0 Å². The Morgan fingerprint density at radius 3 is 2.89 bits per heavy atom. The summed E-state index contributed by atoms with van der Waals surface area (Å²) >= 11 is 6.33. The summed E-state index contributed by atoms with van der Waals surface area (Å²) in [6, 6.07) is 9.11. The van der Waals surface area contributed by atoms with E-state index in [-0.39, 0.29) is 5.76 Å². The lowest BCUT2D eigenvalue weighted by Gasteiger charge is -2.06. The van der Waals surface area contributed by atoms with Gasteiger partial charge in [0.25, 0.3) is 0 Å². The Labute approximate surface area is 114 Å². The molecule has 0 aliphatic carbocycles. The second kappa shape index (κ2) is 4.63. The normalized spacial score (nSPS) is 12.9. The van der Waals surface area contributed by atoms with E-state index in [0.717, 1.165) is 11.1 Å². The fourth-order valence-electron chi connectivity index (χ4n) is 2.14. The molecule has 0 spiro atoms. The number of rotatable bonds is 3. The summed E-state index contributed by atoms with van der Waals surface area (Å²) < 4.78 is 12.1. The molecule has 4 nitrogen and oxygen atoms in total. The Morgan fingerprint density at radius 2 is 2.21 bits per heavy atom. The summed E-state index contributed by atoms with van der Waals surface area (Å²) in [7, 11) is 0. The van der Waals surface area contributed by atoms with E-state index in [9.17, 15) is 4.79 Å². The number of aryl methyl sites for hydroxylation is 1. The van der Waals surface area contributed by atoms with Gasteiger partial charge in [-0.2, -0.15) is 0 Å². The second-order valence-electron chi connectivity index (χ2n) is 4.22. The molecule has 2 aromatic heterocycles. The van der Waals surface area contributed by atoms with Crippen LogP contribution in [0.3, 0.4) is 0 Å². The molecule has 1 aromatic carbocycles. The first kappa shape index (κ1) is 12.1. The molecule has 3 rings (SSSR count). The number of aromatic nitrogens is 1. The van der Waals surface area contributed by atoms with Gasteiger partial charge >= 0.3 is 5.76 Å². The van der Waals surface area contributed by atoms with Crippen LogP contribution >= 0.6 is 11.6 Å². The van der Waals surface area contributed by atoms with E-state index >= 15 is 0 Å². The maximum absolute atomic E-state index is 11.6. The largest absolute Gasteiger partial charge is 0.467 e. The van der Waals surface area contributed by atoms with E-state index < -0.39 is 5.38 Å². The number of fused-ring (bicyclic) bond motifs is 1. The van der Waals surface area contributed by atoms with Gasteiger partial charge < -0.3 is 8.83 Å². The van der Waals surface area contributed by atoms with Gasteiger partial charge in [0.15, 0.2) is 5.58 Å². The van der Waals surface area contributed by atoms with Crippen LogP contribution in [0.1, 0.15) is 23.6 Å². The van der Waals surface area contributed by atoms with Crippen molar-refractivity contribution in [1.29, 1.82) is 0 Å². The molecule has 19 heavy (non-hydrogen) atoms. The van der Waals surface area contributed by atoms with Crippen LogP contribution in [0.25, 0.3) is 11.1 Å². The van der Waals surface area contributed by atoms with E-state index in [1.807, 2.05) is 25.1 Å². The van der Waals surface area contributed by atoms with Crippen LogP contribution in [0.2, 0.25) is 0 Å². The SMILES string of the molecule is CCn1c(=O)oc2cc(C(Cl)c3ccco3)ccc21. The lowest BCUT2D eigenvalue weighted by atomic mass is 10.1. The van der Waals surface area contributed by atoms with Crippen molar-refractivity contribution in [3.63, 3.8) is 0 Å². The van der Waals surface area contributed by atoms with E-state index in [2.05, 4.69) is 0 Å². The minimum absolute atomic E-state index is 0.348. The molecule has 0 fully saturated rings. The van der Waals surface area contributed by atoms with Gasteiger partial charge in [0, 0.05) is 6.54 Å². The lowest BCUT2D eigenvalue weighted by Crippen LogP contribution is -2.11. The van der Waals surface area contributed by atoms with E-state index in [0.29, 0.717) is 17.9 Å². The quantitative estimate of drug-likeness (QED) is 0.688. The molecule has 0 radical (unpaired) electrons. The predicted molar refractivity (Wildman–Crippen MR) is 72.6 cm³/mol. The second-order valence-corrected chi connectivity index (χ2v) is 4.65. The Kier molecular flexibility index (Phi) is 2.95. The Hall–Kier alpha value is -1.94. The standard InChI is InChI=1S/C14H12ClNO3/c1-2-16-10-6-5-9(8-12(10)19-14(16)17)13(15)11-4-3-7-18-11/h3-8,13H,2H2,1H3. The first-order chi connectivity index (χ1) is 9.20. The highest BCUT2D eigenvalue weighted by Crippen LogP contribution is 2.30. The van der Waals surface area contributed by atoms with Gasteiger partial charge in [-0.1, -0.05) is 6.07 Å². The number of alkyl halides is 1. The third-order valence-corrected chi connectivity index (χ3v) is 3.56. The number of oxazole rings is 1. The third kappa shape index (κ3) is 1.98. The van der Waals surface area contributed by atoms with Gasteiger partial charge in [-0.25, -0.2) is 4.79 Å². The van der Waals surface area contributed by atoms with Crippen LogP contribution in [-0.2, 0) is 6.54 Å². The Morgan fingerprint density at radius 1 is 1.37 bits per heavy atom. The topological polar surface area (TPSA) is 48.3 Å². The van der Waals surface area contributed by atoms with Gasteiger partial charge in [-0.15, -0.1) is 11.6 Å². The lowest BCUT2D eigenvalue weighted by molar-refractivity contribution is 0.511. The molecule has 0 aliphatic rings. The summed E-state index contributed by atoms with van der Waals surface area (Å²) in [6.45, 7) is 2.48. The molecule has 1 atom stereocenters. The Bertz CT molecular complexity index is 755. The summed E-state index contributed by atoms with van der Waals surface area (Å²) in [4.78, 5) is 11.6. The molecule has 98 valence electrons. The van der Waals surface area contributed by atoms with Crippen molar-refractivity contribution in [3.8, 4) is 0 Å². The molecule has 0 bridgehead atoms. The first-order valence-electron chi connectivity index (χ1n) is 6.01. The van der Waals surface area contributed by atoms with Crippen LogP contribution in [0.4, 0.5) is 0 Å². The zero-order chi connectivity index (χ0) is 13.4. The highest BCUT2D eigenvalue weighted by molar-refractivity contribution is 6.22. The summed E-state index contributed by atoms with van der Waals surface area (Å²) in [5.41, 5.74) is 2.15. The van der Waals surface area contributed by atoms with Crippen molar-refractivity contribution in [2.24, 2.45) is 0 Å². The minimum atomic E-state index is -0.394. The number of halogens is 1. The molecule has 0 N–H and O–H groups in total. The average molecular weight is 278 g/mol. The van der Waals surface area contributed by atoms with Crippen LogP contribution in [0.5, 0.6) is 0 Å². The number of hydrogen-bond donors (Lipinski definition) is 0. The van der Waals surface area contributed by atoms with Crippen molar-refractivity contribution in [2.75, 3.05) is 0 Å². The fourth-order valence-corrected chi connectivity index (χ4v) is 2.40. The van der Waals surface area contributed by atoms with Crippen LogP contribution in [0, 0.1) is 0 Å². The average Bonchev–Trinajstić information content (AvgIpc) is 3.03. The van der Waals surface area contributed by atoms with Crippen molar-refractivity contribution in [1.82, 2.24) is 4.57 Å². The van der Waals surface area contributed by atoms with Crippen LogP contribution in [0.15, 0.2) is 50.2 Å². The number of nitrogens with zero attached hydrogens (tertiary/aromatic N) is 1. The molecule has 0 saturated heterocycles. The smallest absolute Gasteiger partial charge is 0.419 e. The molecular weight excluding hydrogens is 266 g/mol. The Balaban J connectivity index is 2.10. The zero-order valence-electron chi connectivity index (χ0n) is 10.3. The van der Waals surface area contributed by atoms with E-state index in [4.69, 9.17) is 20.4 Å². The van der Waals surface area contributed by atoms with Crippen molar-refractivity contribution in [3.05, 3.63) is 58.5 Å². The summed E-state index contributed by atoms with van der Waals surface area (Å²) in [5, 5.41) is -0.394. The molecule has 0 amide bonds. The van der Waals surface area contributed by atoms with Gasteiger partial charge in [-0.3, -0.25) is 4.57 Å². The summed E-state index contributed by atoms with van der Waals surface area (Å²) in [6.07, 6.45) is 1.58. The summed E-state index contributed by atoms with van der Waals surface area (Å²) in [5.74, 6) is 0.317. The molecule has 0 saturated carbocycles. The van der Waals surface area contributed by atoms with Crippen LogP contribution < -0.4 is 5.76 Å². The monoisotopic (exact) mass is 277 g/mol. The number of furan rings is 1. The third-order valence-electron chi connectivity index (χ3n) is 3.09.